The van der Waals surface area contributed by atoms with Crippen molar-refractivity contribution in [1.29, 1.82) is 0 Å². The highest BCUT2D eigenvalue weighted by Crippen LogP contribution is 2.23. The molecule has 1 N–H and O–H groups in total. The Balaban J connectivity index is 2.22. The van der Waals surface area contributed by atoms with Gasteiger partial charge in [0, 0.05) is 18.7 Å². The van der Waals surface area contributed by atoms with Crippen molar-refractivity contribution in [3.63, 3.8) is 0 Å². The number of hydrogen-bond acceptors (Lipinski definition) is 2. The summed E-state index contributed by atoms with van der Waals surface area (Å²) < 4.78 is 1.96. The van der Waals surface area contributed by atoms with E-state index >= 15 is 0 Å². The molecule has 0 saturated carbocycles. The highest BCUT2D eigenvalue weighted by Gasteiger charge is 2.14. The third kappa shape index (κ3) is 3.04. The summed E-state index contributed by atoms with van der Waals surface area (Å²) in [5.41, 5.74) is 5.47. The van der Waals surface area contributed by atoms with E-state index in [2.05, 4.69) is 31.1 Å². The molecule has 0 amide bonds. The normalized spacial score (nSPS) is 12.7. The Hall–Kier alpha value is -1.61. The molecule has 0 spiro atoms. The second-order valence-electron chi connectivity index (χ2n) is 5.17. The first-order valence-electron chi connectivity index (χ1n) is 6.79. The van der Waals surface area contributed by atoms with Gasteiger partial charge in [-0.3, -0.25) is 4.68 Å². The van der Waals surface area contributed by atoms with E-state index in [4.69, 9.17) is 0 Å². The number of benzene rings is 1. The topological polar surface area (TPSA) is 38.0 Å². The zero-order valence-corrected chi connectivity index (χ0v) is 12.1. The highest BCUT2D eigenvalue weighted by atomic mass is 16.3. The third-order valence-corrected chi connectivity index (χ3v) is 3.47. The zero-order chi connectivity index (χ0) is 14.0. The maximum atomic E-state index is 10.4. The first-order chi connectivity index (χ1) is 9.01. The average molecular weight is 258 g/mol. The Labute approximate surface area is 114 Å². The van der Waals surface area contributed by atoms with E-state index in [1.165, 1.54) is 5.56 Å². The van der Waals surface area contributed by atoms with Crippen molar-refractivity contribution in [2.75, 3.05) is 0 Å². The molecule has 0 aliphatic carbocycles. The minimum absolute atomic E-state index is 0.470. The summed E-state index contributed by atoms with van der Waals surface area (Å²) in [5.74, 6) is 0. The van der Waals surface area contributed by atoms with Crippen LogP contribution in [0.4, 0.5) is 0 Å². The molecular formula is C16H22N2O. The molecule has 3 heteroatoms. The standard InChI is InChI=1S/C16H22N2O/c1-5-18-14(9-13(4)17-18)10-16(19)15-7-6-11(2)8-12(15)3/h6-9,16,19H,5,10H2,1-4H3. The maximum Gasteiger partial charge on any atom is 0.0847 e. The van der Waals surface area contributed by atoms with Gasteiger partial charge in [0.2, 0.25) is 0 Å². The predicted molar refractivity (Wildman–Crippen MR) is 77.2 cm³/mol. The van der Waals surface area contributed by atoms with E-state index in [9.17, 15) is 5.11 Å². The van der Waals surface area contributed by atoms with Crippen LogP contribution in [0.15, 0.2) is 24.3 Å². The lowest BCUT2D eigenvalue weighted by atomic mass is 9.98. The Morgan fingerprint density at radius 3 is 2.58 bits per heavy atom. The van der Waals surface area contributed by atoms with Crippen LogP contribution in [-0.2, 0) is 13.0 Å². The lowest BCUT2D eigenvalue weighted by molar-refractivity contribution is 0.174. The molecule has 1 unspecified atom stereocenters. The zero-order valence-electron chi connectivity index (χ0n) is 12.1. The van der Waals surface area contributed by atoms with Crippen LogP contribution in [0.2, 0.25) is 0 Å². The van der Waals surface area contributed by atoms with Crippen molar-refractivity contribution in [2.45, 2.75) is 46.8 Å². The Morgan fingerprint density at radius 1 is 1.21 bits per heavy atom. The second kappa shape index (κ2) is 5.57. The van der Waals surface area contributed by atoms with Gasteiger partial charge in [-0.2, -0.15) is 5.10 Å². The van der Waals surface area contributed by atoms with E-state index in [1.54, 1.807) is 0 Å². The third-order valence-electron chi connectivity index (χ3n) is 3.47. The lowest BCUT2D eigenvalue weighted by Crippen LogP contribution is -2.09. The van der Waals surface area contributed by atoms with Gasteiger partial charge < -0.3 is 5.11 Å². The van der Waals surface area contributed by atoms with Crippen LogP contribution < -0.4 is 0 Å². The molecule has 2 aromatic rings. The number of aliphatic hydroxyl groups excluding tert-OH is 1. The summed E-state index contributed by atoms with van der Waals surface area (Å²) in [6, 6.07) is 8.24. The van der Waals surface area contributed by atoms with Gasteiger partial charge in [0.05, 0.1) is 11.8 Å². The molecule has 3 nitrogen and oxygen atoms in total. The van der Waals surface area contributed by atoms with Gasteiger partial charge in [-0.25, -0.2) is 0 Å². The van der Waals surface area contributed by atoms with Crippen LogP contribution in [-0.4, -0.2) is 14.9 Å². The van der Waals surface area contributed by atoms with Crippen LogP contribution in [0.1, 0.15) is 41.1 Å². The fraction of sp³-hybridized carbons (Fsp3) is 0.438. The van der Waals surface area contributed by atoms with E-state index in [0.29, 0.717) is 6.42 Å². The van der Waals surface area contributed by atoms with Crippen molar-refractivity contribution in [3.8, 4) is 0 Å². The summed E-state index contributed by atoms with van der Waals surface area (Å²) in [7, 11) is 0. The van der Waals surface area contributed by atoms with Gasteiger partial charge in [0.1, 0.15) is 0 Å². The lowest BCUT2D eigenvalue weighted by Gasteiger charge is -2.15. The summed E-state index contributed by atoms with van der Waals surface area (Å²) in [6.07, 6.45) is 0.139. The number of nitrogens with zero attached hydrogens (tertiary/aromatic N) is 2. The van der Waals surface area contributed by atoms with Crippen LogP contribution >= 0.6 is 0 Å². The molecule has 1 heterocycles. The van der Waals surface area contributed by atoms with Gasteiger partial charge in [-0.15, -0.1) is 0 Å². The van der Waals surface area contributed by atoms with Gasteiger partial charge in [0.25, 0.3) is 0 Å². The molecule has 102 valence electrons. The first kappa shape index (κ1) is 13.8. The smallest absolute Gasteiger partial charge is 0.0847 e. The van der Waals surface area contributed by atoms with Crippen molar-refractivity contribution in [1.82, 2.24) is 9.78 Å². The molecule has 0 aliphatic heterocycles. The van der Waals surface area contributed by atoms with Crippen LogP contribution in [0.5, 0.6) is 0 Å². The molecule has 0 radical (unpaired) electrons. The number of aliphatic hydroxyl groups is 1. The minimum atomic E-state index is -0.470. The first-order valence-corrected chi connectivity index (χ1v) is 6.79. The van der Waals surface area contributed by atoms with E-state index < -0.39 is 6.10 Å². The molecule has 0 saturated heterocycles. The van der Waals surface area contributed by atoms with Crippen molar-refractivity contribution < 1.29 is 5.11 Å². The SMILES string of the molecule is CCn1nc(C)cc1CC(O)c1ccc(C)cc1C. The number of rotatable bonds is 4. The van der Waals surface area contributed by atoms with Crippen LogP contribution in [0.25, 0.3) is 0 Å². The van der Waals surface area contributed by atoms with Gasteiger partial charge in [-0.05, 0) is 44.9 Å². The highest BCUT2D eigenvalue weighted by molar-refractivity contribution is 5.32. The molecule has 1 aromatic carbocycles. The monoisotopic (exact) mass is 258 g/mol. The Bertz CT molecular complexity index is 572. The minimum Gasteiger partial charge on any atom is -0.388 e. The van der Waals surface area contributed by atoms with Crippen LogP contribution in [0.3, 0.4) is 0 Å². The van der Waals surface area contributed by atoms with Crippen molar-refractivity contribution in [3.05, 3.63) is 52.3 Å². The largest absolute Gasteiger partial charge is 0.388 e. The summed E-state index contributed by atoms with van der Waals surface area (Å²) in [6.45, 7) is 9.01. The average Bonchev–Trinajstić information content (AvgIpc) is 2.69. The van der Waals surface area contributed by atoms with Crippen molar-refractivity contribution in [2.24, 2.45) is 0 Å². The van der Waals surface area contributed by atoms with E-state index in [0.717, 1.165) is 29.1 Å². The Morgan fingerprint density at radius 2 is 1.95 bits per heavy atom. The fourth-order valence-electron chi connectivity index (χ4n) is 2.54. The van der Waals surface area contributed by atoms with Gasteiger partial charge in [0.15, 0.2) is 0 Å². The summed E-state index contributed by atoms with van der Waals surface area (Å²) in [4.78, 5) is 0. The molecule has 19 heavy (non-hydrogen) atoms. The molecule has 2 rings (SSSR count). The molecule has 0 bridgehead atoms. The quantitative estimate of drug-likeness (QED) is 0.915. The van der Waals surface area contributed by atoms with E-state index in [-0.39, 0.29) is 0 Å². The summed E-state index contributed by atoms with van der Waals surface area (Å²) in [5, 5.41) is 14.9. The Kier molecular flexibility index (Phi) is 4.05. The van der Waals surface area contributed by atoms with Crippen molar-refractivity contribution >= 4 is 0 Å². The van der Waals surface area contributed by atoms with Gasteiger partial charge in [-0.1, -0.05) is 23.8 Å². The van der Waals surface area contributed by atoms with E-state index in [1.807, 2.05) is 30.7 Å². The van der Waals surface area contributed by atoms with Gasteiger partial charge >= 0.3 is 0 Å². The number of aryl methyl sites for hydroxylation is 4. The number of aromatic nitrogens is 2. The second-order valence-corrected chi connectivity index (χ2v) is 5.17. The number of hydrogen-bond donors (Lipinski definition) is 1. The molecular weight excluding hydrogens is 236 g/mol. The molecule has 0 fully saturated rings. The molecule has 0 aliphatic rings. The molecule has 1 atom stereocenters. The fourth-order valence-corrected chi connectivity index (χ4v) is 2.54. The molecule has 1 aromatic heterocycles. The maximum absolute atomic E-state index is 10.4. The predicted octanol–water partition coefficient (Wildman–Crippen LogP) is 3.10. The van der Waals surface area contributed by atoms with Crippen LogP contribution in [0, 0.1) is 20.8 Å². The summed E-state index contributed by atoms with van der Waals surface area (Å²) >= 11 is 0.